The molecule has 1 aromatic carbocycles. The van der Waals surface area contributed by atoms with Gasteiger partial charge < -0.3 is 5.32 Å². The number of alkyl halides is 3. The van der Waals surface area contributed by atoms with E-state index in [0.29, 0.717) is 0 Å². The zero-order valence-corrected chi connectivity index (χ0v) is 9.47. The first kappa shape index (κ1) is 14.0. The molecule has 3 nitrogen and oxygen atoms in total. The zero-order chi connectivity index (χ0) is 13.9. The van der Waals surface area contributed by atoms with Crippen LogP contribution in [0.3, 0.4) is 0 Å². The molecule has 1 N–H and O–H groups in total. The van der Waals surface area contributed by atoms with Crippen LogP contribution in [0.4, 0.5) is 18.9 Å². The molecular formula is C12H10F3NO2. The molecule has 0 saturated carbocycles. The normalized spacial score (nSPS) is 10.9. The number of hydrogen-bond acceptors (Lipinski definition) is 3. The molecular weight excluding hydrogens is 247 g/mol. The molecule has 0 aliphatic carbocycles. The van der Waals surface area contributed by atoms with E-state index >= 15 is 0 Å². The van der Waals surface area contributed by atoms with Crippen LogP contribution < -0.4 is 5.32 Å². The number of anilines is 1. The number of nitrogens with one attached hydrogen (secondary N) is 1. The number of halogens is 3. The van der Waals surface area contributed by atoms with E-state index in [9.17, 15) is 22.8 Å². The van der Waals surface area contributed by atoms with Gasteiger partial charge in [-0.15, -0.1) is 0 Å². The smallest absolute Gasteiger partial charge is 0.351 e. The van der Waals surface area contributed by atoms with Gasteiger partial charge in [0.05, 0.1) is 0 Å². The molecule has 0 saturated heterocycles. The first-order valence-electron chi connectivity index (χ1n) is 4.91. The van der Waals surface area contributed by atoms with Crippen molar-refractivity contribution in [3.8, 4) is 0 Å². The molecule has 1 rings (SSSR count). The van der Waals surface area contributed by atoms with Crippen molar-refractivity contribution in [2.45, 2.75) is 13.1 Å². The third-order valence-corrected chi connectivity index (χ3v) is 2.12. The highest BCUT2D eigenvalue weighted by molar-refractivity contribution is 6.44. The van der Waals surface area contributed by atoms with Crippen LogP contribution in [0.1, 0.15) is 17.3 Å². The summed E-state index contributed by atoms with van der Waals surface area (Å²) in [6, 6.07) is 5.45. The third kappa shape index (κ3) is 3.19. The summed E-state index contributed by atoms with van der Waals surface area (Å²) in [4.78, 5) is 22.5. The van der Waals surface area contributed by atoms with Gasteiger partial charge in [-0.05, 0) is 12.1 Å². The first-order valence-corrected chi connectivity index (χ1v) is 4.91. The Morgan fingerprint density at radius 2 is 1.78 bits per heavy atom. The van der Waals surface area contributed by atoms with Gasteiger partial charge in [-0.2, -0.15) is 13.2 Å². The van der Waals surface area contributed by atoms with Crippen molar-refractivity contribution in [1.82, 2.24) is 0 Å². The lowest BCUT2D eigenvalue weighted by molar-refractivity contribution is -0.113. The van der Waals surface area contributed by atoms with Gasteiger partial charge in [0.25, 0.3) is 0 Å². The predicted octanol–water partition coefficient (Wildman–Crippen LogP) is 2.95. The van der Waals surface area contributed by atoms with Gasteiger partial charge in [0.15, 0.2) is 5.78 Å². The van der Waals surface area contributed by atoms with Gasteiger partial charge >= 0.3 is 6.18 Å². The van der Waals surface area contributed by atoms with Crippen LogP contribution in [0.5, 0.6) is 0 Å². The third-order valence-electron chi connectivity index (χ3n) is 2.12. The number of carbonyl (C=O) groups excluding carboxylic acids is 2. The maximum absolute atomic E-state index is 12.3. The monoisotopic (exact) mass is 257 g/mol. The molecule has 0 aliphatic heterocycles. The van der Waals surface area contributed by atoms with Gasteiger partial charge in [0.2, 0.25) is 5.78 Å². The Bertz CT molecular complexity index is 506. The summed E-state index contributed by atoms with van der Waals surface area (Å²) in [6.45, 7) is 3.89. The van der Waals surface area contributed by atoms with E-state index in [2.05, 4.69) is 6.58 Å². The predicted molar refractivity (Wildman–Crippen MR) is 60.3 cm³/mol. The number of benzene rings is 1. The largest absolute Gasteiger partial charge is 0.430 e. The molecule has 0 aliphatic rings. The summed E-state index contributed by atoms with van der Waals surface area (Å²) < 4.78 is 36.9. The van der Waals surface area contributed by atoms with Crippen molar-refractivity contribution < 1.29 is 22.8 Å². The second-order valence-corrected chi connectivity index (χ2v) is 3.53. The van der Waals surface area contributed by atoms with Gasteiger partial charge in [-0.1, -0.05) is 18.7 Å². The van der Waals surface area contributed by atoms with Crippen molar-refractivity contribution in [2.24, 2.45) is 0 Å². The molecule has 1 aromatic rings. The Morgan fingerprint density at radius 3 is 2.28 bits per heavy atom. The minimum atomic E-state index is -4.62. The Morgan fingerprint density at radius 1 is 1.22 bits per heavy atom. The average molecular weight is 257 g/mol. The van der Waals surface area contributed by atoms with Crippen LogP contribution in [0.2, 0.25) is 0 Å². The fraction of sp³-hybridized carbons (Fsp3) is 0.167. The number of carbonyl (C=O) groups is 2. The number of allylic oxidation sites excluding steroid dienone is 1. The number of ketones is 2. The van der Waals surface area contributed by atoms with Crippen molar-refractivity contribution >= 4 is 17.3 Å². The molecule has 0 amide bonds. The van der Waals surface area contributed by atoms with Crippen LogP contribution in [0, 0.1) is 0 Å². The fourth-order valence-electron chi connectivity index (χ4n) is 1.21. The van der Waals surface area contributed by atoms with E-state index in [-0.39, 0.29) is 11.3 Å². The summed E-state index contributed by atoms with van der Waals surface area (Å²) in [7, 11) is 0. The highest BCUT2D eigenvalue weighted by Crippen LogP contribution is 2.27. The first-order chi connectivity index (χ1) is 8.23. The zero-order valence-electron chi connectivity index (χ0n) is 9.47. The Labute approximate surface area is 101 Å². The van der Waals surface area contributed by atoms with Gasteiger partial charge in [-0.3, -0.25) is 9.59 Å². The SMILES string of the molecule is C=C(Nc1ccccc1C(=O)C(C)=O)C(F)(F)F. The number of Topliss-reactive ketones (excluding diaryl/α,β-unsaturated/α-hetero) is 2. The van der Waals surface area contributed by atoms with E-state index in [1.54, 1.807) is 0 Å². The molecule has 18 heavy (non-hydrogen) atoms. The summed E-state index contributed by atoms with van der Waals surface area (Å²) >= 11 is 0. The minimum Gasteiger partial charge on any atom is -0.351 e. The van der Waals surface area contributed by atoms with Crippen LogP contribution in [-0.2, 0) is 4.79 Å². The second-order valence-electron chi connectivity index (χ2n) is 3.53. The fourth-order valence-corrected chi connectivity index (χ4v) is 1.21. The van der Waals surface area contributed by atoms with Gasteiger partial charge in [0, 0.05) is 18.2 Å². The van der Waals surface area contributed by atoms with Crippen molar-refractivity contribution in [3.05, 3.63) is 42.1 Å². The van der Waals surface area contributed by atoms with Crippen molar-refractivity contribution in [1.29, 1.82) is 0 Å². The standard InChI is InChI=1S/C12H10F3NO2/c1-7(17)11(18)9-5-3-4-6-10(9)16-8(2)12(13,14)15/h3-6,16H,2H2,1H3. The second kappa shape index (κ2) is 5.03. The molecule has 0 radical (unpaired) electrons. The highest BCUT2D eigenvalue weighted by Gasteiger charge is 2.32. The molecule has 0 spiro atoms. The Kier molecular flexibility index (Phi) is 3.90. The Hall–Kier alpha value is -2.11. The Balaban J connectivity index is 3.08. The van der Waals surface area contributed by atoms with Crippen LogP contribution >= 0.6 is 0 Å². The minimum absolute atomic E-state index is 0.0972. The molecule has 0 aromatic heterocycles. The maximum atomic E-state index is 12.3. The molecule has 96 valence electrons. The molecule has 0 atom stereocenters. The van der Waals surface area contributed by atoms with E-state index in [1.165, 1.54) is 24.3 Å². The number of para-hydroxylation sites is 1. The van der Waals surface area contributed by atoms with E-state index in [1.807, 2.05) is 5.32 Å². The molecule has 0 bridgehead atoms. The van der Waals surface area contributed by atoms with Crippen molar-refractivity contribution in [3.63, 3.8) is 0 Å². The summed E-state index contributed by atoms with van der Waals surface area (Å²) in [5.74, 6) is -1.60. The lowest BCUT2D eigenvalue weighted by atomic mass is 10.1. The highest BCUT2D eigenvalue weighted by atomic mass is 19.4. The summed E-state index contributed by atoms with van der Waals surface area (Å²) in [5.41, 5.74) is -1.42. The van der Waals surface area contributed by atoms with Crippen molar-refractivity contribution in [2.75, 3.05) is 5.32 Å². The molecule has 6 heteroatoms. The van der Waals surface area contributed by atoms with E-state index in [0.717, 1.165) is 6.92 Å². The number of rotatable bonds is 4. The van der Waals surface area contributed by atoms with Crippen LogP contribution in [-0.4, -0.2) is 17.7 Å². The molecule has 0 unspecified atom stereocenters. The molecule has 0 fully saturated rings. The van der Waals surface area contributed by atoms with Crippen LogP contribution in [0.25, 0.3) is 0 Å². The summed E-state index contributed by atoms with van der Waals surface area (Å²) in [5, 5.41) is 1.99. The lowest BCUT2D eigenvalue weighted by Gasteiger charge is -2.14. The van der Waals surface area contributed by atoms with Gasteiger partial charge in [0.1, 0.15) is 5.70 Å². The number of hydrogen-bond donors (Lipinski definition) is 1. The van der Waals surface area contributed by atoms with Gasteiger partial charge in [-0.25, -0.2) is 0 Å². The average Bonchev–Trinajstić information content (AvgIpc) is 2.27. The maximum Gasteiger partial charge on any atom is 0.430 e. The van der Waals surface area contributed by atoms with E-state index < -0.39 is 23.4 Å². The van der Waals surface area contributed by atoms with E-state index in [4.69, 9.17) is 0 Å². The molecule has 0 heterocycles. The lowest BCUT2D eigenvalue weighted by Crippen LogP contribution is -2.20. The van der Waals surface area contributed by atoms with Crippen LogP contribution in [0.15, 0.2) is 36.5 Å². The quantitative estimate of drug-likeness (QED) is 0.666. The topological polar surface area (TPSA) is 46.2 Å². The summed E-state index contributed by atoms with van der Waals surface area (Å²) in [6.07, 6.45) is -4.62.